The van der Waals surface area contributed by atoms with Crippen LogP contribution >= 0.6 is 0 Å². The number of benzene rings is 1. The zero-order valence-electron chi connectivity index (χ0n) is 13.0. The number of rotatable bonds is 3. The molecule has 112 valence electrons. The molecule has 4 heteroatoms. The lowest BCUT2D eigenvalue weighted by molar-refractivity contribution is -0.127. The average Bonchev–Trinajstić information content (AvgIpc) is 2.86. The van der Waals surface area contributed by atoms with Crippen molar-refractivity contribution in [3.63, 3.8) is 0 Å². The van der Waals surface area contributed by atoms with Gasteiger partial charge in [-0.2, -0.15) is 5.26 Å². The zero-order chi connectivity index (χ0) is 15.5. The fourth-order valence-electron chi connectivity index (χ4n) is 2.68. The molecule has 1 aliphatic heterocycles. The number of amides is 1. The number of carbonyl (C=O) groups excluding carboxylic acids is 1. The SMILES string of the molecule is CC(C)(C)NC(=O)C1CCCN1Cc1ccc(C#N)cc1. The van der Waals surface area contributed by atoms with E-state index in [0.29, 0.717) is 5.56 Å². The Balaban J connectivity index is 2.01. The molecular weight excluding hydrogens is 262 g/mol. The fraction of sp³-hybridized carbons (Fsp3) is 0.529. The van der Waals surface area contributed by atoms with Gasteiger partial charge in [-0.05, 0) is 57.9 Å². The van der Waals surface area contributed by atoms with Crippen LogP contribution in [0, 0.1) is 11.3 Å². The van der Waals surface area contributed by atoms with E-state index in [1.54, 1.807) is 0 Å². The summed E-state index contributed by atoms with van der Waals surface area (Å²) in [5.41, 5.74) is 1.62. The molecule has 0 bridgehead atoms. The van der Waals surface area contributed by atoms with E-state index in [0.717, 1.165) is 31.5 Å². The van der Waals surface area contributed by atoms with Gasteiger partial charge in [-0.15, -0.1) is 0 Å². The third kappa shape index (κ3) is 4.30. The van der Waals surface area contributed by atoms with Crippen LogP contribution in [0.1, 0.15) is 44.7 Å². The minimum Gasteiger partial charge on any atom is -0.350 e. The number of carbonyl (C=O) groups is 1. The van der Waals surface area contributed by atoms with Crippen LogP contribution in [0.15, 0.2) is 24.3 Å². The maximum atomic E-state index is 12.4. The lowest BCUT2D eigenvalue weighted by Crippen LogP contribution is -2.49. The summed E-state index contributed by atoms with van der Waals surface area (Å²) in [5.74, 6) is 0.119. The van der Waals surface area contributed by atoms with Crippen molar-refractivity contribution in [1.82, 2.24) is 10.2 Å². The largest absolute Gasteiger partial charge is 0.350 e. The predicted octanol–water partition coefficient (Wildman–Crippen LogP) is 2.44. The van der Waals surface area contributed by atoms with Gasteiger partial charge in [0, 0.05) is 12.1 Å². The molecule has 1 saturated heterocycles. The molecule has 1 unspecified atom stereocenters. The minimum absolute atomic E-state index is 0.0418. The van der Waals surface area contributed by atoms with Crippen molar-refractivity contribution in [3.05, 3.63) is 35.4 Å². The lowest BCUT2D eigenvalue weighted by atomic mass is 10.1. The first kappa shape index (κ1) is 15.5. The van der Waals surface area contributed by atoms with Gasteiger partial charge in [0.1, 0.15) is 0 Å². The first-order chi connectivity index (χ1) is 9.89. The molecule has 1 aromatic rings. The highest BCUT2D eigenvalue weighted by Crippen LogP contribution is 2.21. The maximum Gasteiger partial charge on any atom is 0.237 e. The third-order valence-corrected chi connectivity index (χ3v) is 3.63. The van der Waals surface area contributed by atoms with Crippen LogP contribution in [0.2, 0.25) is 0 Å². The van der Waals surface area contributed by atoms with Crippen molar-refractivity contribution in [3.8, 4) is 6.07 Å². The molecule has 1 aromatic carbocycles. The molecule has 1 N–H and O–H groups in total. The molecule has 1 amide bonds. The van der Waals surface area contributed by atoms with E-state index in [1.807, 2.05) is 45.0 Å². The van der Waals surface area contributed by atoms with Gasteiger partial charge in [0.05, 0.1) is 17.7 Å². The molecular formula is C17H23N3O. The fourth-order valence-corrected chi connectivity index (χ4v) is 2.68. The number of hydrogen-bond acceptors (Lipinski definition) is 3. The van der Waals surface area contributed by atoms with Gasteiger partial charge in [0.2, 0.25) is 5.91 Å². The van der Waals surface area contributed by atoms with Crippen LogP contribution < -0.4 is 5.32 Å². The van der Waals surface area contributed by atoms with E-state index < -0.39 is 0 Å². The van der Waals surface area contributed by atoms with Crippen molar-refractivity contribution in [2.45, 2.75) is 51.7 Å². The number of hydrogen-bond donors (Lipinski definition) is 1. The first-order valence-electron chi connectivity index (χ1n) is 7.44. The summed E-state index contributed by atoms with van der Waals surface area (Å²) in [4.78, 5) is 14.6. The number of nitriles is 1. The van der Waals surface area contributed by atoms with Gasteiger partial charge in [-0.3, -0.25) is 9.69 Å². The summed E-state index contributed by atoms with van der Waals surface area (Å²) in [6.45, 7) is 7.72. The quantitative estimate of drug-likeness (QED) is 0.928. The van der Waals surface area contributed by atoms with Gasteiger partial charge >= 0.3 is 0 Å². The highest BCUT2D eigenvalue weighted by molar-refractivity contribution is 5.82. The summed E-state index contributed by atoms with van der Waals surface area (Å²) < 4.78 is 0. The van der Waals surface area contributed by atoms with Crippen molar-refractivity contribution >= 4 is 5.91 Å². The van der Waals surface area contributed by atoms with Gasteiger partial charge in [-0.25, -0.2) is 0 Å². The minimum atomic E-state index is -0.195. The van der Waals surface area contributed by atoms with E-state index in [-0.39, 0.29) is 17.5 Å². The summed E-state index contributed by atoms with van der Waals surface area (Å²) >= 11 is 0. The molecule has 0 radical (unpaired) electrons. The van der Waals surface area contributed by atoms with Crippen molar-refractivity contribution in [2.75, 3.05) is 6.54 Å². The van der Waals surface area contributed by atoms with Crippen molar-refractivity contribution in [2.24, 2.45) is 0 Å². The Kier molecular flexibility index (Phi) is 4.64. The monoisotopic (exact) mass is 285 g/mol. The third-order valence-electron chi connectivity index (χ3n) is 3.63. The Morgan fingerprint density at radius 2 is 2.05 bits per heavy atom. The highest BCUT2D eigenvalue weighted by Gasteiger charge is 2.32. The molecule has 1 aliphatic rings. The Hall–Kier alpha value is -1.86. The zero-order valence-corrected chi connectivity index (χ0v) is 13.0. The molecule has 0 aliphatic carbocycles. The van der Waals surface area contributed by atoms with Crippen LogP contribution in [0.25, 0.3) is 0 Å². The Bertz CT molecular complexity index is 537. The topological polar surface area (TPSA) is 56.1 Å². The summed E-state index contributed by atoms with van der Waals surface area (Å²) in [6, 6.07) is 9.67. The van der Waals surface area contributed by atoms with Crippen LogP contribution in [0.4, 0.5) is 0 Å². The smallest absolute Gasteiger partial charge is 0.237 e. The van der Waals surface area contributed by atoms with Gasteiger partial charge in [0.25, 0.3) is 0 Å². The lowest BCUT2D eigenvalue weighted by Gasteiger charge is -2.28. The Morgan fingerprint density at radius 1 is 1.38 bits per heavy atom. The van der Waals surface area contributed by atoms with E-state index in [2.05, 4.69) is 16.3 Å². The van der Waals surface area contributed by atoms with Crippen LogP contribution in [-0.4, -0.2) is 28.9 Å². The molecule has 1 fully saturated rings. The second-order valence-corrected chi connectivity index (χ2v) is 6.68. The average molecular weight is 285 g/mol. The number of likely N-dealkylation sites (tertiary alicyclic amines) is 1. The summed E-state index contributed by atoms with van der Waals surface area (Å²) in [6.07, 6.45) is 1.97. The summed E-state index contributed by atoms with van der Waals surface area (Å²) in [5, 5.41) is 11.9. The van der Waals surface area contributed by atoms with Crippen LogP contribution in [0.3, 0.4) is 0 Å². The van der Waals surface area contributed by atoms with Crippen LogP contribution in [-0.2, 0) is 11.3 Å². The predicted molar refractivity (Wildman–Crippen MR) is 82.5 cm³/mol. The van der Waals surface area contributed by atoms with Gasteiger partial charge in [-0.1, -0.05) is 12.1 Å². The van der Waals surface area contributed by atoms with E-state index in [4.69, 9.17) is 5.26 Å². The van der Waals surface area contributed by atoms with Gasteiger partial charge in [0.15, 0.2) is 0 Å². The number of nitrogens with zero attached hydrogens (tertiary/aromatic N) is 2. The van der Waals surface area contributed by atoms with Crippen molar-refractivity contribution < 1.29 is 4.79 Å². The Labute approximate surface area is 126 Å². The normalized spacial score (nSPS) is 19.2. The number of nitrogens with one attached hydrogen (secondary N) is 1. The molecule has 0 spiro atoms. The highest BCUT2D eigenvalue weighted by atomic mass is 16.2. The van der Waals surface area contributed by atoms with E-state index >= 15 is 0 Å². The standard InChI is InChI=1S/C17H23N3O/c1-17(2,3)19-16(21)15-5-4-10-20(15)12-14-8-6-13(11-18)7-9-14/h6-9,15H,4-5,10,12H2,1-3H3,(H,19,21). The van der Waals surface area contributed by atoms with E-state index in [1.165, 1.54) is 0 Å². The second-order valence-electron chi connectivity index (χ2n) is 6.68. The van der Waals surface area contributed by atoms with Crippen LogP contribution in [0.5, 0.6) is 0 Å². The molecule has 2 rings (SSSR count). The van der Waals surface area contributed by atoms with Crippen molar-refractivity contribution in [1.29, 1.82) is 5.26 Å². The van der Waals surface area contributed by atoms with Gasteiger partial charge < -0.3 is 5.32 Å². The maximum absolute atomic E-state index is 12.4. The molecule has 0 saturated carbocycles. The molecule has 21 heavy (non-hydrogen) atoms. The Morgan fingerprint density at radius 3 is 2.62 bits per heavy atom. The first-order valence-corrected chi connectivity index (χ1v) is 7.44. The molecule has 1 atom stereocenters. The molecule has 0 aromatic heterocycles. The molecule has 4 nitrogen and oxygen atoms in total. The van der Waals surface area contributed by atoms with E-state index in [9.17, 15) is 4.79 Å². The summed E-state index contributed by atoms with van der Waals surface area (Å²) in [7, 11) is 0. The second kappa shape index (κ2) is 6.28. The molecule has 1 heterocycles.